The number of amides is 3. The minimum absolute atomic E-state index is 0.00811. The highest BCUT2D eigenvalue weighted by Gasteiger charge is 2.28. The van der Waals surface area contributed by atoms with Crippen LogP contribution in [-0.2, 0) is 32.0 Å². The first-order valence-corrected chi connectivity index (χ1v) is 13.6. The molecule has 1 atom stereocenters. The van der Waals surface area contributed by atoms with E-state index in [1.807, 2.05) is 0 Å². The molecule has 14 heteroatoms. The Bertz CT molecular complexity index is 1550. The van der Waals surface area contributed by atoms with Crippen molar-refractivity contribution in [3.8, 4) is 0 Å². The third-order valence-electron chi connectivity index (χ3n) is 6.97. The summed E-state index contributed by atoms with van der Waals surface area (Å²) in [6.45, 7) is 0.478. The van der Waals surface area contributed by atoms with Crippen molar-refractivity contribution in [3.63, 3.8) is 0 Å². The molecular weight excluding hydrogens is 546 g/mol. The molecule has 1 aromatic carbocycles. The number of nitrogens with two attached hydrogens (primary N) is 1. The van der Waals surface area contributed by atoms with E-state index in [4.69, 9.17) is 5.73 Å². The average Bonchev–Trinajstić information content (AvgIpc) is 3.28. The molecule has 0 saturated carbocycles. The van der Waals surface area contributed by atoms with Crippen molar-refractivity contribution < 1.29 is 29.1 Å². The second-order valence-corrected chi connectivity index (χ2v) is 10.0. The van der Waals surface area contributed by atoms with Gasteiger partial charge in [0.2, 0.25) is 23.7 Å². The molecule has 3 amide bonds. The van der Waals surface area contributed by atoms with Gasteiger partial charge >= 0.3 is 5.97 Å². The van der Waals surface area contributed by atoms with Crippen LogP contribution in [-0.4, -0.2) is 72.5 Å². The normalized spacial score (nSPS) is 13.9. The Labute approximate surface area is 239 Å². The van der Waals surface area contributed by atoms with Crippen LogP contribution < -0.4 is 16.6 Å². The highest BCUT2D eigenvalue weighted by Crippen LogP contribution is 2.18. The molecule has 14 nitrogen and oxygen atoms in total. The van der Waals surface area contributed by atoms with Gasteiger partial charge in [-0.15, -0.1) is 0 Å². The molecule has 1 aliphatic heterocycles. The molecule has 0 aliphatic carbocycles. The van der Waals surface area contributed by atoms with Gasteiger partial charge < -0.3 is 16.2 Å². The van der Waals surface area contributed by atoms with Gasteiger partial charge in [0.05, 0.1) is 17.8 Å². The number of rotatable bonds is 14. The van der Waals surface area contributed by atoms with Crippen LogP contribution in [0.3, 0.4) is 0 Å². The average molecular weight is 578 g/mol. The minimum Gasteiger partial charge on any atom is -0.481 e. The first-order chi connectivity index (χ1) is 20.1. The molecule has 5 N–H and O–H groups in total. The van der Waals surface area contributed by atoms with Crippen molar-refractivity contribution in [3.05, 3.63) is 57.6 Å². The topological polar surface area (TPSA) is 218 Å². The molecule has 220 valence electrons. The summed E-state index contributed by atoms with van der Waals surface area (Å²) in [4.78, 5) is 87.9. The number of carboxylic acids is 1. The highest BCUT2D eigenvalue weighted by molar-refractivity contribution is 6.02. The van der Waals surface area contributed by atoms with E-state index in [0.29, 0.717) is 30.5 Å². The molecule has 3 heterocycles. The SMILES string of the molecule is Nc1nc2ncc(CCc3ccc(C(=O)CC(CCC(=O)NCCCN4C(=O)CCC4=O)C(=O)O)cc3)nc2c(=O)[nH]1. The van der Waals surface area contributed by atoms with Gasteiger partial charge in [0, 0.05) is 44.3 Å². The summed E-state index contributed by atoms with van der Waals surface area (Å²) in [5.41, 5.74) is 7.16. The number of aromatic nitrogens is 4. The number of nitrogens with one attached hydrogen (secondary N) is 2. The number of ketones is 1. The summed E-state index contributed by atoms with van der Waals surface area (Å²) in [5, 5.41) is 12.2. The van der Waals surface area contributed by atoms with Gasteiger partial charge in [-0.3, -0.25) is 38.7 Å². The molecule has 42 heavy (non-hydrogen) atoms. The number of carbonyl (C=O) groups excluding carboxylic acids is 4. The van der Waals surface area contributed by atoms with Crippen LogP contribution in [0, 0.1) is 5.92 Å². The van der Waals surface area contributed by atoms with Gasteiger partial charge in [-0.25, -0.2) is 9.97 Å². The largest absolute Gasteiger partial charge is 0.481 e. The third kappa shape index (κ3) is 7.80. The third-order valence-corrected chi connectivity index (χ3v) is 6.97. The van der Waals surface area contributed by atoms with Crippen molar-refractivity contribution in [1.29, 1.82) is 0 Å². The Kier molecular flexibility index (Phi) is 9.68. The molecule has 0 radical (unpaired) electrons. The van der Waals surface area contributed by atoms with Crippen LogP contribution in [0.15, 0.2) is 35.3 Å². The van der Waals surface area contributed by atoms with Gasteiger partial charge in [-0.1, -0.05) is 24.3 Å². The number of hydrogen-bond acceptors (Lipinski definition) is 10. The van der Waals surface area contributed by atoms with Crippen LogP contribution >= 0.6 is 0 Å². The number of nitrogen functional groups attached to an aromatic ring is 1. The zero-order valence-corrected chi connectivity index (χ0v) is 22.8. The molecule has 3 aromatic rings. The van der Waals surface area contributed by atoms with Gasteiger partial charge in [0.25, 0.3) is 5.56 Å². The van der Waals surface area contributed by atoms with Crippen molar-refractivity contribution in [1.82, 2.24) is 30.2 Å². The van der Waals surface area contributed by atoms with Gasteiger partial charge in [0.15, 0.2) is 16.9 Å². The molecule has 4 rings (SSSR count). The van der Waals surface area contributed by atoms with Gasteiger partial charge in [0.1, 0.15) is 0 Å². The van der Waals surface area contributed by atoms with E-state index < -0.39 is 17.4 Å². The monoisotopic (exact) mass is 577 g/mol. The molecule has 1 saturated heterocycles. The molecule has 1 aliphatic rings. The molecule has 1 unspecified atom stereocenters. The lowest BCUT2D eigenvalue weighted by Crippen LogP contribution is -2.33. The Balaban J connectivity index is 1.22. The van der Waals surface area contributed by atoms with E-state index in [1.54, 1.807) is 24.3 Å². The van der Waals surface area contributed by atoms with Crippen molar-refractivity contribution in [2.45, 2.75) is 51.4 Å². The predicted octanol–water partition coefficient (Wildman–Crippen LogP) is 0.790. The number of H-pyrrole nitrogens is 1. The Morgan fingerprint density at radius 1 is 1.05 bits per heavy atom. The van der Waals surface area contributed by atoms with E-state index >= 15 is 0 Å². The van der Waals surface area contributed by atoms with E-state index in [1.165, 1.54) is 11.1 Å². The number of aryl methyl sites for hydroxylation is 2. The van der Waals surface area contributed by atoms with Crippen LogP contribution in [0.2, 0.25) is 0 Å². The number of anilines is 1. The lowest BCUT2D eigenvalue weighted by Gasteiger charge is -2.14. The zero-order valence-electron chi connectivity index (χ0n) is 22.8. The Morgan fingerprint density at radius 3 is 2.45 bits per heavy atom. The summed E-state index contributed by atoms with van der Waals surface area (Å²) in [5.74, 6) is -3.36. The summed E-state index contributed by atoms with van der Waals surface area (Å²) >= 11 is 0. The van der Waals surface area contributed by atoms with E-state index in [-0.39, 0.29) is 85.8 Å². The lowest BCUT2D eigenvalue weighted by atomic mass is 9.93. The summed E-state index contributed by atoms with van der Waals surface area (Å²) in [6, 6.07) is 6.79. The summed E-state index contributed by atoms with van der Waals surface area (Å²) in [7, 11) is 0. The number of aromatic amines is 1. The fourth-order valence-electron chi connectivity index (χ4n) is 4.61. The van der Waals surface area contributed by atoms with Crippen molar-refractivity contribution in [2.24, 2.45) is 5.92 Å². The number of carboxylic acid groups (broad SMARTS) is 1. The summed E-state index contributed by atoms with van der Waals surface area (Å²) in [6.07, 6.45) is 3.08. The van der Waals surface area contributed by atoms with Crippen LogP contribution in [0.4, 0.5) is 5.95 Å². The van der Waals surface area contributed by atoms with Gasteiger partial charge in [-0.05, 0) is 31.2 Å². The number of benzene rings is 1. The Morgan fingerprint density at radius 2 is 1.76 bits per heavy atom. The standard InChI is InChI=1S/C28H31N7O7/c29-28-33-25-24(26(40)34-28)32-19(15-31-25)8-4-16-2-5-17(6-3-16)20(36)14-18(27(41)42)7-9-21(37)30-12-1-13-35-22(38)10-11-23(35)39/h2-3,5-6,15,18H,1,4,7-14H2,(H,30,37)(H,41,42)(H3,29,31,33,34,40). The Hall–Kier alpha value is -5.01. The van der Waals surface area contributed by atoms with E-state index in [2.05, 4.69) is 25.3 Å². The minimum atomic E-state index is -1.16. The number of imide groups is 1. The highest BCUT2D eigenvalue weighted by atomic mass is 16.4. The molecule has 0 bridgehead atoms. The first-order valence-electron chi connectivity index (χ1n) is 13.6. The molecule has 1 fully saturated rings. The maximum atomic E-state index is 12.8. The summed E-state index contributed by atoms with van der Waals surface area (Å²) < 4.78 is 0. The maximum Gasteiger partial charge on any atom is 0.306 e. The second-order valence-electron chi connectivity index (χ2n) is 10.0. The molecule has 2 aromatic heterocycles. The fourth-order valence-corrected chi connectivity index (χ4v) is 4.61. The number of nitrogens with zero attached hydrogens (tertiary/aromatic N) is 4. The number of hydrogen-bond donors (Lipinski definition) is 4. The number of carbonyl (C=O) groups is 5. The lowest BCUT2D eigenvalue weighted by molar-refractivity contribution is -0.142. The van der Waals surface area contributed by atoms with Crippen molar-refractivity contribution in [2.75, 3.05) is 18.8 Å². The quantitative estimate of drug-likeness (QED) is 0.119. The molecular formula is C28H31N7O7. The second kappa shape index (κ2) is 13.6. The van der Waals surface area contributed by atoms with Crippen LogP contribution in [0.5, 0.6) is 0 Å². The van der Waals surface area contributed by atoms with Crippen LogP contribution in [0.1, 0.15) is 60.1 Å². The number of likely N-dealkylation sites (tertiary alicyclic amines) is 1. The number of aliphatic carboxylic acids is 1. The predicted molar refractivity (Wildman–Crippen MR) is 149 cm³/mol. The van der Waals surface area contributed by atoms with Crippen LogP contribution in [0.25, 0.3) is 11.2 Å². The fraction of sp³-hybridized carbons (Fsp3) is 0.393. The van der Waals surface area contributed by atoms with Crippen molar-refractivity contribution >= 4 is 46.6 Å². The zero-order chi connectivity index (χ0) is 30.2. The smallest absolute Gasteiger partial charge is 0.306 e. The number of fused-ring (bicyclic) bond motifs is 1. The number of Topliss-reactive ketones (excluding diaryl/α,β-unsaturated/α-hetero) is 1. The van der Waals surface area contributed by atoms with E-state index in [0.717, 1.165) is 5.56 Å². The van der Waals surface area contributed by atoms with E-state index in [9.17, 15) is 33.9 Å². The maximum absolute atomic E-state index is 12.8. The first kappa shape index (κ1) is 30.0. The van der Waals surface area contributed by atoms with Gasteiger partial charge in [-0.2, -0.15) is 4.98 Å². The molecule has 0 spiro atoms.